The molecule has 1 aromatic carbocycles. The summed E-state index contributed by atoms with van der Waals surface area (Å²) in [6.07, 6.45) is 4.95. The van der Waals surface area contributed by atoms with Gasteiger partial charge in [-0.2, -0.15) is 0 Å². The minimum atomic E-state index is 0.322. The van der Waals surface area contributed by atoms with Crippen molar-refractivity contribution in [2.24, 2.45) is 5.41 Å². The highest BCUT2D eigenvalue weighted by Gasteiger charge is 2.25. The van der Waals surface area contributed by atoms with E-state index in [0.29, 0.717) is 5.41 Å². The molecule has 0 aliphatic heterocycles. The van der Waals surface area contributed by atoms with Gasteiger partial charge in [0.2, 0.25) is 0 Å². The average molecular weight is 291 g/mol. The molecule has 0 saturated heterocycles. The third kappa shape index (κ3) is 4.63. The molecule has 0 spiro atoms. The Morgan fingerprint density at radius 1 is 1.14 bits per heavy atom. The molecule has 0 aromatic heterocycles. The molecule has 0 heterocycles. The molecule has 0 bridgehead atoms. The van der Waals surface area contributed by atoms with Gasteiger partial charge < -0.3 is 14.8 Å². The summed E-state index contributed by atoms with van der Waals surface area (Å²) in [6, 6.07) is 4.98. The first kappa shape index (κ1) is 16.2. The Morgan fingerprint density at radius 3 is 2.33 bits per heavy atom. The van der Waals surface area contributed by atoms with Gasteiger partial charge in [-0.15, -0.1) is 0 Å². The van der Waals surface area contributed by atoms with Crippen molar-refractivity contribution in [3.05, 3.63) is 23.3 Å². The fourth-order valence-electron chi connectivity index (χ4n) is 2.56. The van der Waals surface area contributed by atoms with Crippen LogP contribution >= 0.6 is 0 Å². The minimum absolute atomic E-state index is 0.322. The minimum Gasteiger partial charge on any atom is -0.493 e. The van der Waals surface area contributed by atoms with Gasteiger partial charge in [0.25, 0.3) is 0 Å². The van der Waals surface area contributed by atoms with E-state index in [0.717, 1.165) is 30.5 Å². The Labute approximate surface area is 129 Å². The Balaban J connectivity index is 1.97. The topological polar surface area (TPSA) is 30.5 Å². The van der Waals surface area contributed by atoms with E-state index in [9.17, 15) is 0 Å². The van der Waals surface area contributed by atoms with Gasteiger partial charge in [-0.05, 0) is 61.3 Å². The van der Waals surface area contributed by atoms with Gasteiger partial charge >= 0.3 is 0 Å². The summed E-state index contributed by atoms with van der Waals surface area (Å²) in [7, 11) is 3.38. The summed E-state index contributed by atoms with van der Waals surface area (Å²) in [5, 5.41) is 3.64. The molecular formula is C18H29NO2. The quantitative estimate of drug-likeness (QED) is 0.792. The molecule has 1 saturated carbocycles. The van der Waals surface area contributed by atoms with Crippen LogP contribution in [-0.2, 0) is 6.42 Å². The van der Waals surface area contributed by atoms with Crippen molar-refractivity contribution < 1.29 is 9.47 Å². The maximum Gasteiger partial charge on any atom is 0.161 e. The van der Waals surface area contributed by atoms with Gasteiger partial charge in [0, 0.05) is 12.6 Å². The number of methoxy groups -OCH3 is 2. The summed E-state index contributed by atoms with van der Waals surface area (Å²) < 4.78 is 10.8. The van der Waals surface area contributed by atoms with Gasteiger partial charge in [0.05, 0.1) is 14.2 Å². The van der Waals surface area contributed by atoms with Crippen molar-refractivity contribution >= 4 is 0 Å². The molecule has 1 aromatic rings. The van der Waals surface area contributed by atoms with Crippen LogP contribution in [0.25, 0.3) is 0 Å². The van der Waals surface area contributed by atoms with Gasteiger partial charge in [-0.1, -0.05) is 13.8 Å². The van der Waals surface area contributed by atoms with Crippen LogP contribution in [0.3, 0.4) is 0 Å². The van der Waals surface area contributed by atoms with Gasteiger partial charge in [0.15, 0.2) is 11.5 Å². The smallest absolute Gasteiger partial charge is 0.161 e. The van der Waals surface area contributed by atoms with E-state index in [4.69, 9.17) is 9.47 Å². The monoisotopic (exact) mass is 291 g/mol. The summed E-state index contributed by atoms with van der Waals surface area (Å²) in [6.45, 7) is 7.94. The van der Waals surface area contributed by atoms with Crippen LogP contribution in [0.2, 0.25) is 0 Å². The molecular weight excluding hydrogens is 262 g/mol. The molecule has 1 aliphatic rings. The summed E-state index contributed by atoms with van der Waals surface area (Å²) in [4.78, 5) is 0. The third-order valence-electron chi connectivity index (χ3n) is 4.36. The molecule has 118 valence electrons. The molecule has 0 atom stereocenters. The van der Waals surface area contributed by atoms with E-state index in [2.05, 4.69) is 38.2 Å². The number of rotatable bonds is 8. The van der Waals surface area contributed by atoms with E-state index >= 15 is 0 Å². The largest absolute Gasteiger partial charge is 0.493 e. The van der Waals surface area contributed by atoms with Gasteiger partial charge in [-0.25, -0.2) is 0 Å². The third-order valence-corrected chi connectivity index (χ3v) is 4.36. The second kappa shape index (κ2) is 6.69. The highest BCUT2D eigenvalue weighted by molar-refractivity contribution is 5.47. The second-order valence-corrected chi connectivity index (χ2v) is 6.95. The van der Waals surface area contributed by atoms with Crippen LogP contribution in [0.4, 0.5) is 0 Å². The van der Waals surface area contributed by atoms with Crippen LogP contribution in [-0.4, -0.2) is 26.8 Å². The van der Waals surface area contributed by atoms with E-state index in [1.807, 2.05) is 0 Å². The summed E-state index contributed by atoms with van der Waals surface area (Å²) in [5.41, 5.74) is 2.95. The van der Waals surface area contributed by atoms with Crippen molar-refractivity contribution in [3.63, 3.8) is 0 Å². The molecule has 0 radical (unpaired) electrons. The van der Waals surface area contributed by atoms with Crippen molar-refractivity contribution in [2.45, 2.75) is 52.5 Å². The van der Waals surface area contributed by atoms with Crippen LogP contribution in [0.1, 0.15) is 44.2 Å². The number of nitrogens with one attached hydrogen (secondary N) is 1. The number of benzene rings is 1. The van der Waals surface area contributed by atoms with Crippen LogP contribution in [0.15, 0.2) is 12.1 Å². The van der Waals surface area contributed by atoms with Gasteiger partial charge in [0.1, 0.15) is 0 Å². The predicted molar refractivity (Wildman–Crippen MR) is 87.4 cm³/mol. The second-order valence-electron chi connectivity index (χ2n) is 6.95. The number of aryl methyl sites for hydroxylation is 2. The number of ether oxygens (including phenoxy) is 2. The highest BCUT2D eigenvalue weighted by atomic mass is 16.5. The zero-order valence-corrected chi connectivity index (χ0v) is 14.1. The molecule has 1 aliphatic carbocycles. The Bertz CT molecular complexity index is 478. The normalized spacial score (nSPS) is 15.1. The lowest BCUT2D eigenvalue weighted by Gasteiger charge is -2.25. The summed E-state index contributed by atoms with van der Waals surface area (Å²) >= 11 is 0. The Hall–Kier alpha value is -1.22. The molecule has 21 heavy (non-hydrogen) atoms. The first-order valence-electron chi connectivity index (χ1n) is 7.90. The fourth-order valence-corrected chi connectivity index (χ4v) is 2.56. The Morgan fingerprint density at radius 2 is 1.76 bits per heavy atom. The van der Waals surface area contributed by atoms with E-state index in [1.54, 1.807) is 14.2 Å². The van der Waals surface area contributed by atoms with E-state index < -0.39 is 0 Å². The van der Waals surface area contributed by atoms with Gasteiger partial charge in [-0.3, -0.25) is 0 Å². The lowest BCUT2D eigenvalue weighted by molar-refractivity contribution is 0.312. The predicted octanol–water partition coefficient (Wildman–Crippen LogP) is 3.72. The highest BCUT2D eigenvalue weighted by Crippen LogP contribution is 2.32. The first-order valence-corrected chi connectivity index (χ1v) is 7.90. The summed E-state index contributed by atoms with van der Waals surface area (Å²) in [5.74, 6) is 1.64. The zero-order chi connectivity index (χ0) is 15.5. The number of hydrogen-bond donors (Lipinski definition) is 1. The SMILES string of the molecule is COc1cc(C)c(CCC(C)(C)CNC2CC2)cc1OC. The maximum absolute atomic E-state index is 5.41. The van der Waals surface area contributed by atoms with Crippen LogP contribution < -0.4 is 14.8 Å². The standard InChI is InChI=1S/C18H29NO2/c1-13-10-16(20-4)17(21-5)11-14(13)8-9-18(2,3)12-19-15-6-7-15/h10-11,15,19H,6-9,12H2,1-5H3. The molecule has 1 fully saturated rings. The molecule has 3 nitrogen and oxygen atoms in total. The molecule has 0 amide bonds. The molecule has 3 heteroatoms. The van der Waals surface area contributed by atoms with Crippen molar-refractivity contribution in [3.8, 4) is 11.5 Å². The fraction of sp³-hybridized carbons (Fsp3) is 0.667. The molecule has 2 rings (SSSR count). The zero-order valence-electron chi connectivity index (χ0n) is 14.1. The van der Waals surface area contributed by atoms with Crippen molar-refractivity contribution in [2.75, 3.05) is 20.8 Å². The van der Waals surface area contributed by atoms with E-state index in [1.165, 1.54) is 30.4 Å². The lowest BCUT2D eigenvalue weighted by atomic mass is 9.85. The average Bonchev–Trinajstić information content (AvgIpc) is 3.28. The van der Waals surface area contributed by atoms with Crippen LogP contribution in [0.5, 0.6) is 11.5 Å². The molecule has 0 unspecified atom stereocenters. The number of hydrogen-bond acceptors (Lipinski definition) is 3. The molecule has 1 N–H and O–H groups in total. The maximum atomic E-state index is 5.41. The Kier molecular flexibility index (Phi) is 5.15. The first-order chi connectivity index (χ1) is 9.95. The van der Waals surface area contributed by atoms with Crippen molar-refractivity contribution in [1.29, 1.82) is 0 Å². The lowest BCUT2D eigenvalue weighted by Crippen LogP contribution is -2.31. The van der Waals surface area contributed by atoms with Crippen molar-refractivity contribution in [1.82, 2.24) is 5.32 Å². The van der Waals surface area contributed by atoms with E-state index in [-0.39, 0.29) is 0 Å². The van der Waals surface area contributed by atoms with Crippen LogP contribution in [0, 0.1) is 12.3 Å².